The van der Waals surface area contributed by atoms with Crippen molar-refractivity contribution in [3.63, 3.8) is 0 Å². The van der Waals surface area contributed by atoms with Gasteiger partial charge in [0.2, 0.25) is 0 Å². The maximum atomic E-state index is 12.5. The summed E-state index contributed by atoms with van der Waals surface area (Å²) in [4.78, 5) is 38.7. The number of hydrogen-bond acceptors (Lipinski definition) is 4. The molecule has 0 radical (unpaired) electrons. The maximum Gasteiger partial charge on any atom is 0.317 e. The van der Waals surface area contributed by atoms with Crippen molar-refractivity contribution in [1.29, 1.82) is 0 Å². The van der Waals surface area contributed by atoms with Crippen molar-refractivity contribution in [3.05, 3.63) is 71.3 Å². The first kappa shape index (κ1) is 14.4. The first-order valence-electron chi connectivity index (χ1n) is 8.35. The van der Waals surface area contributed by atoms with Crippen molar-refractivity contribution in [2.75, 3.05) is 6.54 Å². The van der Waals surface area contributed by atoms with Crippen LogP contribution in [0, 0.1) is 5.92 Å². The lowest BCUT2D eigenvalue weighted by Crippen LogP contribution is -2.38. The van der Waals surface area contributed by atoms with E-state index in [0.29, 0.717) is 17.5 Å². The van der Waals surface area contributed by atoms with Crippen LogP contribution in [0.5, 0.6) is 0 Å². The van der Waals surface area contributed by atoms with Crippen LogP contribution in [0.3, 0.4) is 0 Å². The van der Waals surface area contributed by atoms with Crippen molar-refractivity contribution in [2.45, 2.75) is 17.9 Å². The monoisotopic (exact) mass is 333 g/mol. The Kier molecular flexibility index (Phi) is 2.76. The molecule has 0 aromatic heterocycles. The van der Waals surface area contributed by atoms with Crippen molar-refractivity contribution in [2.24, 2.45) is 5.92 Å². The van der Waals surface area contributed by atoms with Crippen LogP contribution in [0.2, 0.25) is 0 Å². The minimum absolute atomic E-state index is 0.0201. The predicted octanol–water partition coefficient (Wildman–Crippen LogP) is 2.17. The van der Waals surface area contributed by atoms with Gasteiger partial charge in [-0.25, -0.2) is 0 Å². The topological polar surface area (TPSA) is 63.7 Å². The molecule has 1 saturated carbocycles. The second-order valence-electron chi connectivity index (χ2n) is 6.86. The minimum atomic E-state index is -0.593. The molecule has 2 aromatic carbocycles. The highest BCUT2D eigenvalue weighted by atomic mass is 16.6. The largest absolute Gasteiger partial charge is 0.459 e. The molecule has 2 heterocycles. The van der Waals surface area contributed by atoms with Crippen molar-refractivity contribution >= 4 is 17.8 Å². The molecule has 1 aliphatic carbocycles. The Morgan fingerprint density at radius 3 is 2.12 bits per heavy atom. The number of rotatable bonds is 3. The quantitative estimate of drug-likeness (QED) is 0.638. The van der Waals surface area contributed by atoms with Crippen LogP contribution in [0.15, 0.2) is 54.6 Å². The number of carbonyl (C=O) groups excluding carboxylic acids is 3. The highest BCUT2D eigenvalue weighted by molar-refractivity contribution is 6.21. The first-order valence-corrected chi connectivity index (χ1v) is 8.35. The summed E-state index contributed by atoms with van der Waals surface area (Å²) in [5, 5.41) is 0. The van der Waals surface area contributed by atoms with E-state index in [1.165, 1.54) is 4.90 Å². The van der Waals surface area contributed by atoms with E-state index in [1.807, 2.05) is 30.3 Å². The molecule has 0 N–H and O–H groups in total. The fourth-order valence-corrected chi connectivity index (χ4v) is 4.23. The van der Waals surface area contributed by atoms with Gasteiger partial charge in [0.1, 0.15) is 6.10 Å². The smallest absolute Gasteiger partial charge is 0.317 e. The highest BCUT2D eigenvalue weighted by Gasteiger charge is 2.71. The van der Waals surface area contributed by atoms with Gasteiger partial charge in [-0.15, -0.1) is 0 Å². The highest BCUT2D eigenvalue weighted by Crippen LogP contribution is 2.62. The Bertz CT molecular complexity index is 887. The lowest BCUT2D eigenvalue weighted by molar-refractivity contribution is -0.146. The van der Waals surface area contributed by atoms with E-state index in [1.54, 1.807) is 24.3 Å². The second kappa shape index (κ2) is 4.79. The Labute approximate surface area is 144 Å². The van der Waals surface area contributed by atoms with Gasteiger partial charge in [0.25, 0.3) is 11.8 Å². The van der Waals surface area contributed by atoms with Crippen molar-refractivity contribution in [3.8, 4) is 0 Å². The average Bonchev–Trinajstić information content (AvgIpc) is 3.29. The molecule has 2 aliphatic heterocycles. The lowest BCUT2D eigenvalue weighted by Gasteiger charge is -2.19. The number of imide groups is 1. The Morgan fingerprint density at radius 1 is 0.920 bits per heavy atom. The molecule has 3 aliphatic rings. The van der Waals surface area contributed by atoms with Gasteiger partial charge in [-0.3, -0.25) is 19.3 Å². The van der Waals surface area contributed by atoms with E-state index in [0.717, 1.165) is 5.56 Å². The van der Waals surface area contributed by atoms with Gasteiger partial charge in [0, 0.05) is 5.92 Å². The lowest BCUT2D eigenvalue weighted by atomic mass is 9.94. The molecule has 0 spiro atoms. The normalized spacial score (nSPS) is 29.4. The Morgan fingerprint density at radius 2 is 1.52 bits per heavy atom. The summed E-state index contributed by atoms with van der Waals surface area (Å²) < 4.78 is 5.55. The number of esters is 1. The molecule has 5 nitrogen and oxygen atoms in total. The van der Waals surface area contributed by atoms with Gasteiger partial charge in [0.15, 0.2) is 0 Å². The van der Waals surface area contributed by atoms with Crippen molar-refractivity contribution in [1.82, 2.24) is 4.90 Å². The molecule has 2 aromatic rings. The van der Waals surface area contributed by atoms with E-state index in [-0.39, 0.29) is 30.2 Å². The van der Waals surface area contributed by atoms with Crippen LogP contribution < -0.4 is 0 Å². The maximum absolute atomic E-state index is 12.5. The van der Waals surface area contributed by atoms with Crippen LogP contribution in [0.4, 0.5) is 0 Å². The molecular formula is C20H15NO4. The summed E-state index contributed by atoms with van der Waals surface area (Å²) in [5.74, 6) is -0.846. The van der Waals surface area contributed by atoms with Gasteiger partial charge < -0.3 is 4.74 Å². The number of amides is 2. The van der Waals surface area contributed by atoms with E-state index < -0.39 is 11.5 Å². The molecule has 0 bridgehead atoms. The third kappa shape index (κ3) is 1.81. The summed E-state index contributed by atoms with van der Waals surface area (Å²) >= 11 is 0. The third-order valence-corrected chi connectivity index (χ3v) is 5.62. The van der Waals surface area contributed by atoms with E-state index in [9.17, 15) is 14.4 Å². The van der Waals surface area contributed by atoms with E-state index >= 15 is 0 Å². The standard InChI is InChI=1S/C20H15NO4/c22-17-13-8-4-5-9-14(13)18(23)21(17)11-16-15-10-20(15,19(24)25-16)12-6-2-1-3-7-12/h1-9,15-16H,10-11H2/t15-,16?,20+/m0/s1. The first-order chi connectivity index (χ1) is 12.1. The summed E-state index contributed by atoms with van der Waals surface area (Å²) in [5.41, 5.74) is 1.20. The number of cyclic esters (lactones) is 1. The summed E-state index contributed by atoms with van der Waals surface area (Å²) in [6.07, 6.45) is 0.277. The molecule has 25 heavy (non-hydrogen) atoms. The molecule has 124 valence electrons. The SMILES string of the molecule is O=C1c2ccccc2C(=O)N1CC1OC(=O)[C@@]2(c3ccccc3)C[C@@H]12. The molecule has 5 rings (SSSR count). The summed E-state index contributed by atoms with van der Waals surface area (Å²) in [7, 11) is 0. The average molecular weight is 333 g/mol. The molecule has 5 heteroatoms. The summed E-state index contributed by atoms with van der Waals surface area (Å²) in [6.45, 7) is 0.122. The van der Waals surface area contributed by atoms with E-state index in [4.69, 9.17) is 4.74 Å². The fraction of sp³-hybridized carbons (Fsp3) is 0.250. The zero-order valence-electron chi connectivity index (χ0n) is 13.3. The van der Waals surface area contributed by atoms with Crippen molar-refractivity contribution < 1.29 is 19.1 Å². The fourth-order valence-electron chi connectivity index (χ4n) is 4.23. The van der Waals surface area contributed by atoms with Crippen LogP contribution in [-0.2, 0) is 14.9 Å². The van der Waals surface area contributed by atoms with Crippen LogP contribution >= 0.6 is 0 Å². The minimum Gasteiger partial charge on any atom is -0.459 e. The van der Waals surface area contributed by atoms with E-state index in [2.05, 4.69) is 0 Å². The third-order valence-electron chi connectivity index (χ3n) is 5.62. The number of benzene rings is 2. The van der Waals surface area contributed by atoms with Gasteiger partial charge in [-0.05, 0) is 24.1 Å². The number of fused-ring (bicyclic) bond motifs is 2. The van der Waals surface area contributed by atoms with Crippen LogP contribution in [0.1, 0.15) is 32.7 Å². The summed E-state index contributed by atoms with van der Waals surface area (Å²) in [6, 6.07) is 16.4. The molecular weight excluding hydrogens is 318 g/mol. The number of ether oxygens (including phenoxy) is 1. The molecule has 2 amide bonds. The zero-order valence-corrected chi connectivity index (χ0v) is 13.3. The second-order valence-corrected chi connectivity index (χ2v) is 6.86. The molecule has 1 saturated heterocycles. The number of carbonyl (C=O) groups is 3. The number of hydrogen-bond donors (Lipinski definition) is 0. The van der Waals surface area contributed by atoms with Crippen LogP contribution in [0.25, 0.3) is 0 Å². The van der Waals surface area contributed by atoms with Gasteiger partial charge >= 0.3 is 5.97 Å². The van der Waals surface area contributed by atoms with Crippen LogP contribution in [-0.4, -0.2) is 35.3 Å². The van der Waals surface area contributed by atoms with Gasteiger partial charge in [-0.2, -0.15) is 0 Å². The molecule has 3 atom stereocenters. The van der Waals surface area contributed by atoms with Gasteiger partial charge in [0.05, 0.1) is 23.1 Å². The molecule has 2 fully saturated rings. The van der Waals surface area contributed by atoms with Gasteiger partial charge in [-0.1, -0.05) is 42.5 Å². The zero-order chi connectivity index (χ0) is 17.2. The predicted molar refractivity (Wildman–Crippen MR) is 87.9 cm³/mol. The Hall–Kier alpha value is -2.95. The Balaban J connectivity index is 1.40. The molecule has 1 unspecified atom stereocenters. The number of nitrogens with zero attached hydrogens (tertiary/aromatic N) is 1.